The van der Waals surface area contributed by atoms with Gasteiger partial charge in [-0.15, -0.1) is 0 Å². The maximum atomic E-state index is 11.3. The van der Waals surface area contributed by atoms with Crippen LogP contribution in [0.2, 0.25) is 0 Å². The number of thiazole rings is 1. The third-order valence-corrected chi connectivity index (χ3v) is 7.43. The van der Waals surface area contributed by atoms with Gasteiger partial charge in [-0.05, 0) is 37.0 Å². The van der Waals surface area contributed by atoms with E-state index in [-0.39, 0.29) is 28.3 Å². The fourth-order valence-electron chi connectivity index (χ4n) is 3.38. The van der Waals surface area contributed by atoms with E-state index in [4.69, 9.17) is 15.2 Å². The molecule has 0 aliphatic heterocycles. The molecule has 0 bridgehead atoms. The number of nitrogens with one attached hydrogen (secondary N) is 2. The number of phosphoric acid groups is 1. The van der Waals surface area contributed by atoms with Crippen molar-refractivity contribution in [2.75, 3.05) is 11.9 Å². The number of aromatic nitrogens is 3. The zero-order chi connectivity index (χ0) is 25.8. The predicted octanol–water partition coefficient (Wildman–Crippen LogP) is 3.58. The smallest absolute Gasteiger partial charge is 0.394 e. The van der Waals surface area contributed by atoms with Crippen LogP contribution < -0.4 is 10.1 Å². The Kier molecular flexibility index (Phi) is 9.06. The minimum atomic E-state index is -4.77. The van der Waals surface area contributed by atoms with E-state index < -0.39 is 14.6 Å². The van der Waals surface area contributed by atoms with Crippen LogP contribution in [0.25, 0.3) is 10.3 Å². The van der Waals surface area contributed by atoms with Crippen molar-refractivity contribution in [3.63, 3.8) is 0 Å². The third-order valence-electron chi connectivity index (χ3n) is 4.97. The first kappa shape index (κ1) is 27.3. The van der Waals surface area contributed by atoms with Gasteiger partial charge in [-0.2, -0.15) is 5.26 Å². The summed E-state index contributed by atoms with van der Waals surface area (Å²) in [6.07, 6.45) is 0.683. The van der Waals surface area contributed by atoms with Gasteiger partial charge in [0.1, 0.15) is 11.4 Å². The summed E-state index contributed by atoms with van der Waals surface area (Å²) < 4.78 is 17.6. The molecule has 0 fully saturated rings. The third kappa shape index (κ3) is 7.35. The first-order valence-electron chi connectivity index (χ1n) is 10.7. The van der Waals surface area contributed by atoms with E-state index in [0.717, 1.165) is 16.9 Å². The van der Waals surface area contributed by atoms with Crippen molar-refractivity contribution in [3.05, 3.63) is 40.2 Å². The fraction of sp³-hybridized carbons (Fsp3) is 0.429. The lowest BCUT2D eigenvalue weighted by atomic mass is 10.0. The average molecular weight is 539 g/mol. The van der Waals surface area contributed by atoms with E-state index in [1.54, 1.807) is 18.2 Å². The first-order valence-corrected chi connectivity index (χ1v) is 13.9. The molecule has 2 aromatic heterocycles. The molecule has 188 valence electrons. The van der Waals surface area contributed by atoms with Gasteiger partial charge < -0.3 is 20.2 Å². The summed E-state index contributed by atoms with van der Waals surface area (Å²) >= 11 is 2.38. The molecule has 35 heavy (non-hydrogen) atoms. The number of phosphoric ester groups is 1. The molecule has 2 unspecified atom stereocenters. The number of aliphatic hydroxyl groups is 1. The van der Waals surface area contributed by atoms with E-state index in [2.05, 4.69) is 25.9 Å². The summed E-state index contributed by atoms with van der Waals surface area (Å²) in [7, 11) is -4.77. The molecule has 11 nitrogen and oxygen atoms in total. The predicted molar refractivity (Wildman–Crippen MR) is 134 cm³/mol. The maximum absolute atomic E-state index is 11.3. The molecule has 0 spiro atoms. The Morgan fingerprint density at radius 2 is 2.09 bits per heavy atom. The molecule has 0 saturated heterocycles. The highest BCUT2D eigenvalue weighted by atomic mass is 32.2. The number of rotatable bonds is 11. The topological polar surface area (TPSA) is 177 Å². The first-order chi connectivity index (χ1) is 16.5. The van der Waals surface area contributed by atoms with Crippen LogP contribution in [0, 0.1) is 22.7 Å². The molecule has 2 heterocycles. The molecule has 5 N–H and O–H groups in total. The Morgan fingerprint density at radius 3 is 2.71 bits per heavy atom. The highest BCUT2D eigenvalue weighted by Crippen LogP contribution is 2.38. The van der Waals surface area contributed by atoms with Gasteiger partial charge in [0.2, 0.25) is 0 Å². The maximum Gasteiger partial charge on any atom is 0.471 e. The fourth-order valence-corrected chi connectivity index (χ4v) is 5.41. The number of thioether (sulfide) groups is 1. The summed E-state index contributed by atoms with van der Waals surface area (Å²) in [6, 6.07) is 9.06. The number of hydrogen-bond donors (Lipinski definition) is 5. The van der Waals surface area contributed by atoms with Gasteiger partial charge in [-0.1, -0.05) is 49.1 Å². The van der Waals surface area contributed by atoms with Crippen LogP contribution in [-0.4, -0.2) is 42.1 Å². The molecule has 0 amide bonds. The summed E-state index contributed by atoms with van der Waals surface area (Å²) in [5, 5.41) is 30.9. The zero-order valence-electron chi connectivity index (χ0n) is 19.4. The number of hydrogen-bond acceptors (Lipinski definition) is 10. The normalized spacial score (nSPS) is 13.7. The van der Waals surface area contributed by atoms with Gasteiger partial charge in [0.25, 0.3) is 0 Å². The van der Waals surface area contributed by atoms with Crippen LogP contribution in [0.5, 0.6) is 0 Å². The minimum absolute atomic E-state index is 0.0212. The van der Waals surface area contributed by atoms with Crippen molar-refractivity contribution in [3.8, 4) is 6.07 Å². The molecular formula is C21H27N6O5PS2. The number of fused-ring (bicyclic) bond motifs is 1. The van der Waals surface area contributed by atoms with E-state index >= 15 is 0 Å². The summed E-state index contributed by atoms with van der Waals surface area (Å²) in [5.74, 6) is 0.735. The molecule has 0 radical (unpaired) electrons. The van der Waals surface area contributed by atoms with Crippen LogP contribution in [0.1, 0.15) is 43.6 Å². The summed E-state index contributed by atoms with van der Waals surface area (Å²) in [5.41, 5.74) is 1.73. The van der Waals surface area contributed by atoms with Crippen molar-refractivity contribution in [2.24, 2.45) is 5.92 Å². The molecule has 14 heteroatoms. The monoisotopic (exact) mass is 538 g/mol. The lowest BCUT2D eigenvalue weighted by molar-refractivity contribution is 0.154. The minimum Gasteiger partial charge on any atom is -0.394 e. The second-order valence-corrected chi connectivity index (χ2v) is 11.8. The van der Waals surface area contributed by atoms with Crippen molar-refractivity contribution in [1.29, 1.82) is 10.7 Å². The van der Waals surface area contributed by atoms with Crippen LogP contribution in [0.3, 0.4) is 0 Å². The quantitative estimate of drug-likeness (QED) is 0.138. The molecule has 3 rings (SSSR count). The van der Waals surface area contributed by atoms with E-state index in [0.29, 0.717) is 33.6 Å². The highest BCUT2D eigenvalue weighted by molar-refractivity contribution is 7.99. The van der Waals surface area contributed by atoms with Crippen molar-refractivity contribution in [1.82, 2.24) is 14.5 Å². The summed E-state index contributed by atoms with van der Waals surface area (Å²) in [6.45, 7) is 5.35. The molecule has 0 aliphatic rings. The second kappa shape index (κ2) is 11.6. The van der Waals surface area contributed by atoms with Crippen molar-refractivity contribution >= 4 is 47.1 Å². The van der Waals surface area contributed by atoms with Crippen LogP contribution in [0.4, 0.5) is 5.82 Å². The number of aliphatic hydroxyl groups excluding tert-OH is 1. The van der Waals surface area contributed by atoms with Crippen LogP contribution in [-0.2, 0) is 15.8 Å². The van der Waals surface area contributed by atoms with Gasteiger partial charge in [0.15, 0.2) is 21.4 Å². The Labute approximate surface area is 210 Å². The SMILES string of the molecule is CC(C)CC(CO)Nc1nc(SC(C)c2cccc(C#N)c2)nc2c1sc(=N)n2COP(=O)(O)O. The van der Waals surface area contributed by atoms with E-state index in [9.17, 15) is 14.9 Å². The van der Waals surface area contributed by atoms with Gasteiger partial charge in [0, 0.05) is 5.25 Å². The average Bonchev–Trinajstić information content (AvgIpc) is 3.11. The Hall–Kier alpha value is -2.30. The summed E-state index contributed by atoms with van der Waals surface area (Å²) in [4.78, 5) is 27.5. The van der Waals surface area contributed by atoms with Crippen LogP contribution in [0.15, 0.2) is 29.4 Å². The molecular weight excluding hydrogens is 511 g/mol. The van der Waals surface area contributed by atoms with Crippen molar-refractivity contribution < 1.29 is 24.0 Å². The van der Waals surface area contributed by atoms with Crippen LogP contribution >= 0.6 is 30.9 Å². The lowest BCUT2D eigenvalue weighted by Gasteiger charge is -2.20. The Morgan fingerprint density at radius 1 is 1.34 bits per heavy atom. The largest absolute Gasteiger partial charge is 0.471 e. The Balaban J connectivity index is 2.05. The van der Waals surface area contributed by atoms with Gasteiger partial charge >= 0.3 is 7.82 Å². The molecule has 1 aromatic carbocycles. The van der Waals surface area contributed by atoms with Gasteiger partial charge in [-0.25, -0.2) is 14.5 Å². The Bertz CT molecular complexity index is 1330. The lowest BCUT2D eigenvalue weighted by Crippen LogP contribution is -2.26. The molecule has 3 aromatic rings. The number of benzene rings is 1. The molecule has 0 aliphatic carbocycles. The number of nitrogens with zero attached hydrogens (tertiary/aromatic N) is 4. The highest BCUT2D eigenvalue weighted by Gasteiger charge is 2.22. The number of anilines is 1. The van der Waals surface area contributed by atoms with Crippen molar-refractivity contribution in [2.45, 2.75) is 50.4 Å². The zero-order valence-corrected chi connectivity index (χ0v) is 21.9. The number of nitriles is 1. The van der Waals surface area contributed by atoms with Gasteiger partial charge in [-0.3, -0.25) is 14.5 Å². The van der Waals surface area contributed by atoms with E-state index in [1.807, 2.05) is 26.8 Å². The molecule has 2 atom stereocenters. The molecule has 0 saturated carbocycles. The standard InChI is InChI=1S/C21H27N6O5PS2/c1-12(2)7-16(10-28)24-18-17-19(27(20(23)35-17)11-32-33(29,30)31)26-21(25-18)34-13(3)15-6-4-5-14(8-15)9-22/h4-6,8,12-13,16,23,28H,7,10-11H2,1-3H3,(H,24,25,26)(H2,29,30,31). The van der Waals surface area contributed by atoms with Gasteiger partial charge in [0.05, 0.1) is 24.3 Å². The second-order valence-electron chi connectivity index (χ2n) is 8.24. The van der Waals surface area contributed by atoms with E-state index in [1.165, 1.54) is 16.3 Å².